The molecule has 2 aromatic rings. The van der Waals surface area contributed by atoms with Crippen molar-refractivity contribution in [3.63, 3.8) is 0 Å². The fourth-order valence-electron chi connectivity index (χ4n) is 5.42. The Morgan fingerprint density at radius 3 is 2.56 bits per heavy atom. The first kappa shape index (κ1) is 21.4. The highest BCUT2D eigenvalue weighted by atomic mass is 32.2. The molecule has 1 spiro atoms. The molecule has 2 fully saturated rings. The molecule has 1 aliphatic heterocycles. The lowest BCUT2D eigenvalue weighted by Crippen LogP contribution is -2.52. The molecule has 0 radical (unpaired) electrons. The minimum absolute atomic E-state index is 0.0433. The van der Waals surface area contributed by atoms with E-state index in [0.29, 0.717) is 22.8 Å². The summed E-state index contributed by atoms with van der Waals surface area (Å²) in [5.41, 5.74) is 2.69. The molecule has 1 saturated heterocycles. The summed E-state index contributed by atoms with van der Waals surface area (Å²) in [6.07, 6.45) is 2.96. The maximum Gasteiger partial charge on any atom is 0.402 e. The van der Waals surface area contributed by atoms with Gasteiger partial charge in [-0.05, 0) is 66.7 Å². The average molecular weight is 462 g/mol. The lowest BCUT2D eigenvalue weighted by Gasteiger charge is -2.33. The molecule has 1 N–H and O–H groups in total. The Hall–Kier alpha value is -2.48. The largest absolute Gasteiger partial charge is 0.402 e. The van der Waals surface area contributed by atoms with Crippen LogP contribution in [0, 0.1) is 23.7 Å². The fourth-order valence-corrected chi connectivity index (χ4v) is 7.13. The zero-order valence-electron chi connectivity index (χ0n) is 17.1. The molecule has 3 aliphatic rings. The summed E-state index contributed by atoms with van der Waals surface area (Å²) in [6.45, 7) is -1.60. The molecule has 0 amide bonds. The SMILES string of the molecule is O=S1(=O)N[C@]2(CN1CC(F)(F)F)[C@@H]1CC[C@H]2Cc2cc(C#Cc3cnccn3)ccc2C1. The minimum atomic E-state index is -4.58. The van der Waals surface area contributed by atoms with Gasteiger partial charge in [-0.1, -0.05) is 12.0 Å². The molecule has 168 valence electrons. The molecule has 2 heterocycles. The van der Waals surface area contributed by atoms with Gasteiger partial charge in [-0.25, -0.2) is 4.98 Å². The molecule has 6 nitrogen and oxygen atoms in total. The Bertz CT molecular complexity index is 1210. The van der Waals surface area contributed by atoms with Gasteiger partial charge in [0.05, 0.1) is 11.7 Å². The van der Waals surface area contributed by atoms with Gasteiger partial charge in [0, 0.05) is 24.5 Å². The van der Waals surface area contributed by atoms with Gasteiger partial charge in [0.2, 0.25) is 0 Å². The van der Waals surface area contributed by atoms with Crippen LogP contribution in [-0.4, -0.2) is 47.5 Å². The van der Waals surface area contributed by atoms with Crippen LogP contribution in [0.1, 0.15) is 35.2 Å². The highest BCUT2D eigenvalue weighted by Crippen LogP contribution is 2.50. The smallest absolute Gasteiger partial charge is 0.260 e. The quantitative estimate of drug-likeness (QED) is 0.661. The van der Waals surface area contributed by atoms with Crippen LogP contribution in [-0.2, 0) is 23.1 Å². The van der Waals surface area contributed by atoms with Crippen LogP contribution in [0.4, 0.5) is 13.2 Å². The second kappa shape index (κ2) is 7.54. The summed E-state index contributed by atoms with van der Waals surface area (Å²) < 4.78 is 67.4. The van der Waals surface area contributed by atoms with Gasteiger partial charge in [-0.15, -0.1) is 0 Å². The van der Waals surface area contributed by atoms with Crippen molar-refractivity contribution in [1.29, 1.82) is 0 Å². The highest BCUT2D eigenvalue weighted by Gasteiger charge is 2.60. The normalized spacial score (nSPS) is 28.7. The molecule has 0 unspecified atom stereocenters. The monoisotopic (exact) mass is 462 g/mol. The van der Waals surface area contributed by atoms with E-state index in [1.807, 2.05) is 18.2 Å². The van der Waals surface area contributed by atoms with E-state index in [1.165, 1.54) is 0 Å². The summed E-state index contributed by atoms with van der Waals surface area (Å²) in [5, 5.41) is 0. The van der Waals surface area contributed by atoms with E-state index in [4.69, 9.17) is 0 Å². The molecule has 2 aliphatic carbocycles. The Labute approximate surface area is 184 Å². The number of fused-ring (bicyclic) bond motifs is 1. The Morgan fingerprint density at radius 2 is 1.88 bits per heavy atom. The second-order valence-corrected chi connectivity index (χ2v) is 10.4. The van der Waals surface area contributed by atoms with Crippen LogP contribution in [0.2, 0.25) is 0 Å². The number of nitrogens with zero attached hydrogens (tertiary/aromatic N) is 3. The Morgan fingerprint density at radius 1 is 1.12 bits per heavy atom. The molecule has 32 heavy (non-hydrogen) atoms. The van der Waals surface area contributed by atoms with Crippen molar-refractivity contribution in [2.45, 2.75) is 37.4 Å². The van der Waals surface area contributed by atoms with E-state index in [-0.39, 0.29) is 18.4 Å². The number of nitrogens with one attached hydrogen (secondary N) is 1. The van der Waals surface area contributed by atoms with Crippen molar-refractivity contribution in [2.24, 2.45) is 11.8 Å². The van der Waals surface area contributed by atoms with E-state index in [9.17, 15) is 21.6 Å². The lowest BCUT2D eigenvalue weighted by atomic mass is 9.79. The lowest BCUT2D eigenvalue weighted by molar-refractivity contribution is -0.136. The number of rotatable bonds is 1. The van der Waals surface area contributed by atoms with Crippen LogP contribution < -0.4 is 4.72 Å². The second-order valence-electron chi connectivity index (χ2n) is 8.73. The number of halogens is 3. The third-order valence-electron chi connectivity index (χ3n) is 6.81. The third kappa shape index (κ3) is 3.89. The van der Waals surface area contributed by atoms with Crippen LogP contribution in [0.15, 0.2) is 36.8 Å². The predicted octanol–water partition coefficient (Wildman–Crippen LogP) is 2.45. The molecule has 3 atom stereocenters. The first-order valence-electron chi connectivity index (χ1n) is 10.4. The van der Waals surface area contributed by atoms with E-state index in [2.05, 4.69) is 26.5 Å². The Balaban J connectivity index is 1.43. The average Bonchev–Trinajstić information content (AvgIpc) is 3.11. The van der Waals surface area contributed by atoms with Crippen LogP contribution in [0.5, 0.6) is 0 Å². The van der Waals surface area contributed by atoms with Gasteiger partial charge < -0.3 is 0 Å². The number of aromatic nitrogens is 2. The predicted molar refractivity (Wildman–Crippen MR) is 110 cm³/mol. The van der Waals surface area contributed by atoms with E-state index in [1.54, 1.807) is 18.6 Å². The zero-order chi connectivity index (χ0) is 22.6. The van der Waals surface area contributed by atoms with Gasteiger partial charge in [0.25, 0.3) is 10.2 Å². The molecular weight excluding hydrogens is 441 g/mol. The van der Waals surface area contributed by atoms with Crippen molar-refractivity contribution < 1.29 is 21.6 Å². The fraction of sp³-hybridized carbons (Fsp3) is 0.455. The molecule has 1 aromatic heterocycles. The number of alkyl halides is 3. The summed E-state index contributed by atoms with van der Waals surface area (Å²) in [4.78, 5) is 8.13. The molecule has 2 bridgehead atoms. The van der Waals surface area contributed by atoms with Crippen molar-refractivity contribution >= 4 is 10.2 Å². The first-order valence-corrected chi connectivity index (χ1v) is 11.8. The minimum Gasteiger partial charge on any atom is -0.260 e. The molecule has 5 rings (SSSR count). The van der Waals surface area contributed by atoms with Gasteiger partial charge >= 0.3 is 6.18 Å². The standard InChI is InChI=1S/C22H21F3N4O2S/c23-22(24,25)14-29-13-21(28-32(29,30)31)18-4-5-19(21)11-17-9-15(1-3-16(17)10-18)2-6-20-12-26-7-8-27-20/h1,3,7-9,12,18-19,28H,4-5,10-11,13-14H2/t18-,19+,21-/m1/s1. The molecule has 10 heteroatoms. The van der Waals surface area contributed by atoms with Gasteiger partial charge in [-0.3, -0.25) is 4.98 Å². The van der Waals surface area contributed by atoms with Crippen LogP contribution in [0.3, 0.4) is 0 Å². The van der Waals surface area contributed by atoms with Crippen molar-refractivity contribution in [3.8, 4) is 11.8 Å². The van der Waals surface area contributed by atoms with Crippen molar-refractivity contribution in [1.82, 2.24) is 19.0 Å². The molecule has 1 aromatic carbocycles. The van der Waals surface area contributed by atoms with E-state index < -0.39 is 28.5 Å². The highest BCUT2D eigenvalue weighted by molar-refractivity contribution is 7.87. The Kier molecular flexibility index (Phi) is 5.04. The van der Waals surface area contributed by atoms with Gasteiger partial charge in [0.15, 0.2) is 0 Å². The van der Waals surface area contributed by atoms with Crippen molar-refractivity contribution in [2.75, 3.05) is 13.1 Å². The van der Waals surface area contributed by atoms with Gasteiger partial charge in [0.1, 0.15) is 12.2 Å². The molecule has 1 saturated carbocycles. The van der Waals surface area contributed by atoms with E-state index in [0.717, 1.165) is 29.5 Å². The summed E-state index contributed by atoms with van der Waals surface area (Å²) in [5.74, 6) is 5.95. The van der Waals surface area contributed by atoms with Crippen molar-refractivity contribution in [3.05, 3.63) is 59.2 Å². The van der Waals surface area contributed by atoms with Crippen LogP contribution >= 0.6 is 0 Å². The first-order chi connectivity index (χ1) is 15.1. The number of benzene rings is 1. The number of hydrogen-bond acceptors (Lipinski definition) is 4. The van der Waals surface area contributed by atoms with E-state index >= 15 is 0 Å². The summed E-state index contributed by atoms with van der Waals surface area (Å²) in [7, 11) is -4.18. The maximum atomic E-state index is 13.0. The third-order valence-corrected chi connectivity index (χ3v) is 8.39. The zero-order valence-corrected chi connectivity index (χ0v) is 17.9. The topological polar surface area (TPSA) is 75.2 Å². The summed E-state index contributed by atoms with van der Waals surface area (Å²) >= 11 is 0. The molecular formula is C22H21F3N4O2S. The van der Waals surface area contributed by atoms with Crippen LogP contribution in [0.25, 0.3) is 0 Å². The number of hydrogen-bond donors (Lipinski definition) is 1. The summed E-state index contributed by atoms with van der Waals surface area (Å²) in [6, 6.07) is 5.92. The maximum absolute atomic E-state index is 13.0. The van der Waals surface area contributed by atoms with Gasteiger partial charge in [-0.2, -0.15) is 30.6 Å².